The first-order chi connectivity index (χ1) is 9.25. The zero-order valence-electron chi connectivity index (χ0n) is 10.6. The first kappa shape index (κ1) is 11.3. The van der Waals surface area contributed by atoms with E-state index >= 15 is 0 Å². The van der Waals surface area contributed by atoms with Gasteiger partial charge in [-0.1, -0.05) is 6.07 Å². The highest BCUT2D eigenvalue weighted by Gasteiger charge is 2.41. The lowest BCUT2D eigenvalue weighted by Crippen LogP contribution is -2.53. The van der Waals surface area contributed by atoms with Crippen molar-refractivity contribution in [3.05, 3.63) is 34.3 Å². The quantitative estimate of drug-likeness (QED) is 0.865. The number of benzene rings is 1. The maximum Gasteiger partial charge on any atom is 0.417 e. The fourth-order valence-electron chi connectivity index (χ4n) is 2.62. The number of aromatic amines is 1. The summed E-state index contributed by atoms with van der Waals surface area (Å²) in [7, 11) is 0. The van der Waals surface area contributed by atoms with Gasteiger partial charge >= 0.3 is 5.76 Å². The molecule has 1 saturated heterocycles. The van der Waals surface area contributed by atoms with E-state index < -0.39 is 5.76 Å². The van der Waals surface area contributed by atoms with Crippen LogP contribution in [0, 0.1) is 0 Å². The number of fused-ring (bicyclic) bond motifs is 1. The number of hydrogen-bond donors (Lipinski definition) is 2. The van der Waals surface area contributed by atoms with E-state index in [-0.39, 0.29) is 5.41 Å². The molecule has 1 aliphatic carbocycles. The molecule has 2 heterocycles. The molecule has 1 aromatic carbocycles. The van der Waals surface area contributed by atoms with Gasteiger partial charge in [0.25, 0.3) is 0 Å². The Morgan fingerprint density at radius 1 is 1.37 bits per heavy atom. The zero-order chi connectivity index (χ0) is 12.9. The van der Waals surface area contributed by atoms with Gasteiger partial charge < -0.3 is 14.5 Å². The van der Waals surface area contributed by atoms with Crippen LogP contribution in [-0.2, 0) is 10.2 Å². The normalized spacial score (nSPS) is 21.5. The number of ether oxygens (including phenoxy) is 1. The molecule has 5 nitrogen and oxygen atoms in total. The summed E-state index contributed by atoms with van der Waals surface area (Å²) < 4.78 is 10.6. The summed E-state index contributed by atoms with van der Waals surface area (Å²) in [6.07, 6.45) is 2.56. The highest BCUT2D eigenvalue weighted by atomic mass is 16.5. The molecule has 2 N–H and O–H groups in total. The lowest BCUT2D eigenvalue weighted by Gasteiger charge is -2.42. The van der Waals surface area contributed by atoms with E-state index in [2.05, 4.69) is 16.4 Å². The minimum atomic E-state index is -0.401. The molecular weight excluding hydrogens is 244 g/mol. The van der Waals surface area contributed by atoms with Crippen molar-refractivity contribution in [1.29, 1.82) is 0 Å². The van der Waals surface area contributed by atoms with E-state index in [4.69, 9.17) is 9.15 Å². The molecule has 0 unspecified atom stereocenters. The maximum atomic E-state index is 11.2. The van der Waals surface area contributed by atoms with Gasteiger partial charge in [-0.15, -0.1) is 0 Å². The van der Waals surface area contributed by atoms with E-state index in [1.54, 1.807) is 0 Å². The van der Waals surface area contributed by atoms with E-state index in [9.17, 15) is 4.79 Å². The van der Waals surface area contributed by atoms with Crippen LogP contribution in [0.2, 0.25) is 0 Å². The van der Waals surface area contributed by atoms with Crippen molar-refractivity contribution >= 4 is 11.1 Å². The van der Waals surface area contributed by atoms with Crippen LogP contribution in [0.25, 0.3) is 11.1 Å². The highest BCUT2D eigenvalue weighted by molar-refractivity contribution is 5.73. The Morgan fingerprint density at radius 2 is 2.21 bits per heavy atom. The molecule has 2 aromatic rings. The van der Waals surface area contributed by atoms with Crippen molar-refractivity contribution in [2.24, 2.45) is 0 Å². The molecule has 0 spiro atoms. The number of oxazole rings is 1. The summed E-state index contributed by atoms with van der Waals surface area (Å²) in [5.74, 6) is -0.401. The number of aromatic nitrogens is 1. The van der Waals surface area contributed by atoms with Crippen LogP contribution in [-0.4, -0.2) is 30.8 Å². The van der Waals surface area contributed by atoms with E-state index in [1.165, 1.54) is 18.4 Å². The van der Waals surface area contributed by atoms with Crippen LogP contribution in [0.15, 0.2) is 27.4 Å². The lowest BCUT2D eigenvalue weighted by molar-refractivity contribution is -0.0591. The molecule has 0 amide bonds. The first-order valence-corrected chi connectivity index (χ1v) is 6.70. The molecular formula is C14H16N2O3. The van der Waals surface area contributed by atoms with Gasteiger partial charge in [-0.25, -0.2) is 4.79 Å². The first-order valence-electron chi connectivity index (χ1n) is 6.70. The summed E-state index contributed by atoms with van der Waals surface area (Å²) in [6.45, 7) is 2.39. The largest absolute Gasteiger partial charge is 0.417 e. The molecule has 0 bridgehead atoms. The fourth-order valence-corrected chi connectivity index (χ4v) is 2.62. The third-order valence-corrected chi connectivity index (χ3v) is 4.10. The van der Waals surface area contributed by atoms with Gasteiger partial charge in [0, 0.05) is 12.6 Å². The van der Waals surface area contributed by atoms with Gasteiger partial charge in [0.2, 0.25) is 0 Å². The molecule has 2 aliphatic rings. The Kier molecular flexibility index (Phi) is 2.34. The van der Waals surface area contributed by atoms with Crippen molar-refractivity contribution < 1.29 is 9.15 Å². The highest BCUT2D eigenvalue weighted by Crippen LogP contribution is 2.34. The smallest absolute Gasteiger partial charge is 0.408 e. The number of hydrogen-bond acceptors (Lipinski definition) is 4. The molecule has 4 rings (SSSR count). The second kappa shape index (κ2) is 3.95. The topological polar surface area (TPSA) is 67.3 Å². The monoisotopic (exact) mass is 260 g/mol. The summed E-state index contributed by atoms with van der Waals surface area (Å²) in [5, 5.41) is 3.57. The van der Waals surface area contributed by atoms with Crippen LogP contribution in [0.5, 0.6) is 0 Å². The van der Waals surface area contributed by atoms with Crippen LogP contribution < -0.4 is 11.1 Å². The summed E-state index contributed by atoms with van der Waals surface area (Å²) in [5.41, 5.74) is 2.59. The minimum absolute atomic E-state index is 0.0343. The van der Waals surface area contributed by atoms with Crippen molar-refractivity contribution in [1.82, 2.24) is 10.3 Å². The zero-order valence-corrected chi connectivity index (χ0v) is 10.6. The van der Waals surface area contributed by atoms with E-state index in [0.29, 0.717) is 11.6 Å². The van der Waals surface area contributed by atoms with Crippen LogP contribution in [0.4, 0.5) is 0 Å². The molecule has 0 atom stereocenters. The molecule has 2 fully saturated rings. The van der Waals surface area contributed by atoms with Crippen molar-refractivity contribution in [3.8, 4) is 0 Å². The lowest BCUT2D eigenvalue weighted by atomic mass is 9.78. The molecule has 1 saturated carbocycles. The van der Waals surface area contributed by atoms with Crippen molar-refractivity contribution in [3.63, 3.8) is 0 Å². The predicted octanol–water partition coefficient (Wildman–Crippen LogP) is 1.14. The second-order valence-corrected chi connectivity index (χ2v) is 5.65. The maximum absolute atomic E-state index is 11.2. The van der Waals surface area contributed by atoms with E-state index in [0.717, 1.165) is 25.3 Å². The van der Waals surface area contributed by atoms with Crippen LogP contribution in [0.1, 0.15) is 18.4 Å². The van der Waals surface area contributed by atoms with Gasteiger partial charge in [-0.3, -0.25) is 4.98 Å². The van der Waals surface area contributed by atoms with Crippen molar-refractivity contribution in [2.75, 3.05) is 19.8 Å². The van der Waals surface area contributed by atoms with Crippen LogP contribution >= 0.6 is 0 Å². The van der Waals surface area contributed by atoms with Gasteiger partial charge in [0.15, 0.2) is 5.58 Å². The SMILES string of the molecule is O=c1[nH]c2ccc(C3(CNC4CC4)COC3)cc2o1. The molecule has 19 heavy (non-hydrogen) atoms. The molecule has 1 aliphatic heterocycles. The summed E-state index contributed by atoms with van der Waals surface area (Å²) in [6, 6.07) is 6.62. The Hall–Kier alpha value is -1.59. The molecule has 1 aromatic heterocycles. The van der Waals surface area contributed by atoms with Gasteiger partial charge in [0.1, 0.15) is 0 Å². The van der Waals surface area contributed by atoms with Crippen molar-refractivity contribution in [2.45, 2.75) is 24.3 Å². The van der Waals surface area contributed by atoms with Crippen LogP contribution in [0.3, 0.4) is 0 Å². The van der Waals surface area contributed by atoms with Gasteiger partial charge in [0.05, 0.1) is 24.1 Å². The average Bonchev–Trinajstić information content (AvgIpc) is 3.08. The van der Waals surface area contributed by atoms with Gasteiger partial charge in [-0.2, -0.15) is 0 Å². The number of nitrogens with one attached hydrogen (secondary N) is 2. The third-order valence-electron chi connectivity index (χ3n) is 4.10. The summed E-state index contributed by atoms with van der Waals surface area (Å²) in [4.78, 5) is 13.9. The number of H-pyrrole nitrogens is 1. The Balaban J connectivity index is 1.67. The summed E-state index contributed by atoms with van der Waals surface area (Å²) >= 11 is 0. The molecule has 100 valence electrons. The molecule has 0 radical (unpaired) electrons. The Labute approximate surface area is 109 Å². The van der Waals surface area contributed by atoms with E-state index in [1.807, 2.05) is 12.1 Å². The minimum Gasteiger partial charge on any atom is -0.408 e. The average molecular weight is 260 g/mol. The Bertz CT molecular complexity index is 665. The third kappa shape index (κ3) is 1.89. The molecule has 5 heteroatoms. The predicted molar refractivity (Wildman–Crippen MR) is 70.4 cm³/mol. The standard InChI is InChI=1S/C14H16N2O3/c17-13-16-11-4-1-9(5-12(11)19-13)14(7-18-8-14)6-15-10-2-3-10/h1,4-5,10,15H,2-3,6-8H2,(H,16,17). The fraction of sp³-hybridized carbons (Fsp3) is 0.500. The number of rotatable bonds is 4. The Morgan fingerprint density at radius 3 is 2.89 bits per heavy atom. The van der Waals surface area contributed by atoms with Gasteiger partial charge in [-0.05, 0) is 30.5 Å². The second-order valence-electron chi connectivity index (χ2n) is 5.65.